The first-order valence-electron chi connectivity index (χ1n) is 8.32. The zero-order valence-electron chi connectivity index (χ0n) is 14.7. The van der Waals surface area contributed by atoms with E-state index >= 15 is 0 Å². The molecule has 0 bridgehead atoms. The van der Waals surface area contributed by atoms with E-state index in [-0.39, 0.29) is 27.2 Å². The molecular weight excluding hydrogens is 414 g/mol. The largest absolute Gasteiger partial charge is 0.456 e. The zero-order valence-corrected chi connectivity index (χ0v) is 16.3. The highest BCUT2D eigenvalue weighted by atomic mass is 32.2. The lowest BCUT2D eigenvalue weighted by atomic mass is 10.3. The van der Waals surface area contributed by atoms with E-state index < -0.39 is 14.9 Å². The molecule has 0 aliphatic carbocycles. The summed E-state index contributed by atoms with van der Waals surface area (Å²) in [5, 5.41) is 11.0. The van der Waals surface area contributed by atoms with Crippen molar-refractivity contribution in [1.29, 1.82) is 0 Å². The third-order valence-electron chi connectivity index (χ3n) is 3.93. The zero-order chi connectivity index (χ0) is 20.4. The molecule has 0 amide bonds. The molecule has 3 aromatic carbocycles. The van der Waals surface area contributed by atoms with Crippen LogP contribution in [-0.4, -0.2) is 18.3 Å². The van der Waals surface area contributed by atoms with Crippen LogP contribution < -0.4 is 9.46 Å². The summed E-state index contributed by atoms with van der Waals surface area (Å²) < 4.78 is 34.9. The van der Waals surface area contributed by atoms with E-state index in [2.05, 4.69) is 9.71 Å². The van der Waals surface area contributed by atoms with Crippen LogP contribution in [0.3, 0.4) is 0 Å². The molecule has 0 atom stereocenters. The lowest BCUT2D eigenvalue weighted by Gasteiger charge is -2.11. The molecule has 29 heavy (non-hydrogen) atoms. The number of fused-ring (bicyclic) bond motifs is 1. The topological polar surface area (TPSA) is 111 Å². The summed E-state index contributed by atoms with van der Waals surface area (Å²) in [5.41, 5.74) is 0.612. The number of sulfonamides is 1. The van der Waals surface area contributed by atoms with Crippen LogP contribution in [0, 0.1) is 10.1 Å². The number of non-ortho nitro benzene ring substituents is 1. The summed E-state index contributed by atoms with van der Waals surface area (Å²) >= 11 is 1.23. The molecule has 1 heterocycles. The van der Waals surface area contributed by atoms with Crippen molar-refractivity contribution in [2.24, 2.45) is 0 Å². The second-order valence-electron chi connectivity index (χ2n) is 5.89. The average Bonchev–Trinajstić information content (AvgIpc) is 3.10. The Bertz CT molecular complexity index is 1270. The molecular formula is C19H13N3O5S2. The third kappa shape index (κ3) is 4.03. The number of nitro benzene ring substituents is 1. The van der Waals surface area contributed by atoms with Gasteiger partial charge in [-0.05, 0) is 36.4 Å². The summed E-state index contributed by atoms with van der Waals surface area (Å²) in [6, 6.07) is 18.9. The normalized spacial score (nSPS) is 11.3. The Morgan fingerprint density at radius 2 is 1.66 bits per heavy atom. The van der Waals surface area contributed by atoms with Gasteiger partial charge < -0.3 is 4.74 Å². The fraction of sp³-hybridized carbons (Fsp3) is 0. The molecule has 0 spiro atoms. The van der Waals surface area contributed by atoms with Crippen molar-refractivity contribution in [2.45, 2.75) is 4.90 Å². The minimum absolute atomic E-state index is 0.0717. The summed E-state index contributed by atoms with van der Waals surface area (Å²) in [5.74, 6) is 0.369. The molecule has 10 heteroatoms. The maximum absolute atomic E-state index is 12.9. The van der Waals surface area contributed by atoms with Crippen LogP contribution in [0.5, 0.6) is 11.5 Å². The molecule has 0 unspecified atom stereocenters. The van der Waals surface area contributed by atoms with Gasteiger partial charge in [-0.25, -0.2) is 13.4 Å². The number of anilines is 1. The Morgan fingerprint density at radius 1 is 0.966 bits per heavy atom. The van der Waals surface area contributed by atoms with Crippen LogP contribution >= 0.6 is 11.3 Å². The molecule has 0 aliphatic heterocycles. The number of aromatic nitrogens is 1. The van der Waals surface area contributed by atoms with Crippen molar-refractivity contribution in [3.8, 4) is 11.5 Å². The van der Waals surface area contributed by atoms with Crippen LogP contribution in [0.15, 0.2) is 77.7 Å². The predicted octanol–water partition coefficient (Wildman–Crippen LogP) is 4.80. The van der Waals surface area contributed by atoms with Gasteiger partial charge in [-0.2, -0.15) is 0 Å². The Morgan fingerprint density at radius 3 is 2.38 bits per heavy atom. The maximum Gasteiger partial charge on any atom is 0.269 e. The number of thiazole rings is 1. The van der Waals surface area contributed by atoms with Gasteiger partial charge in [-0.15, -0.1) is 0 Å². The molecule has 1 aromatic heterocycles. The molecule has 0 aliphatic rings. The van der Waals surface area contributed by atoms with Gasteiger partial charge in [0.15, 0.2) is 5.13 Å². The van der Waals surface area contributed by atoms with Gasteiger partial charge in [0.1, 0.15) is 16.4 Å². The molecule has 8 nitrogen and oxygen atoms in total. The smallest absolute Gasteiger partial charge is 0.269 e. The second-order valence-corrected chi connectivity index (χ2v) is 8.57. The van der Waals surface area contributed by atoms with Gasteiger partial charge in [-0.3, -0.25) is 14.8 Å². The van der Waals surface area contributed by atoms with E-state index in [1.165, 1.54) is 47.7 Å². The number of hydrogen-bond donors (Lipinski definition) is 1. The number of para-hydroxylation sites is 2. The van der Waals surface area contributed by atoms with Gasteiger partial charge in [-0.1, -0.05) is 35.6 Å². The van der Waals surface area contributed by atoms with Crippen molar-refractivity contribution in [3.63, 3.8) is 0 Å². The predicted molar refractivity (Wildman–Crippen MR) is 110 cm³/mol. The Hall–Kier alpha value is -3.50. The van der Waals surface area contributed by atoms with Crippen molar-refractivity contribution < 1.29 is 18.1 Å². The monoisotopic (exact) mass is 427 g/mol. The van der Waals surface area contributed by atoms with Crippen molar-refractivity contribution >= 4 is 42.4 Å². The summed E-state index contributed by atoms with van der Waals surface area (Å²) in [7, 11) is -3.97. The highest BCUT2D eigenvalue weighted by molar-refractivity contribution is 7.93. The summed E-state index contributed by atoms with van der Waals surface area (Å²) in [6.45, 7) is 0. The van der Waals surface area contributed by atoms with Gasteiger partial charge >= 0.3 is 0 Å². The van der Waals surface area contributed by atoms with E-state index in [9.17, 15) is 18.5 Å². The van der Waals surface area contributed by atoms with E-state index in [1.54, 1.807) is 18.2 Å². The fourth-order valence-corrected chi connectivity index (χ4v) is 4.84. The maximum atomic E-state index is 12.9. The fourth-order valence-electron chi connectivity index (χ4n) is 2.61. The molecule has 0 saturated heterocycles. The Kier molecular flexibility index (Phi) is 4.87. The third-order valence-corrected chi connectivity index (χ3v) is 6.39. The van der Waals surface area contributed by atoms with Gasteiger partial charge in [0.2, 0.25) is 0 Å². The first-order chi connectivity index (χ1) is 13.9. The van der Waals surface area contributed by atoms with E-state index in [1.807, 2.05) is 18.2 Å². The quantitative estimate of drug-likeness (QED) is 0.349. The molecule has 0 saturated carbocycles. The highest BCUT2D eigenvalue weighted by Gasteiger charge is 2.21. The second kappa shape index (κ2) is 7.49. The van der Waals surface area contributed by atoms with Crippen LogP contribution in [0.2, 0.25) is 0 Å². The molecule has 1 N–H and O–H groups in total. The highest BCUT2D eigenvalue weighted by Crippen LogP contribution is 2.32. The van der Waals surface area contributed by atoms with Crippen LogP contribution in [-0.2, 0) is 10.0 Å². The molecule has 0 radical (unpaired) electrons. The molecule has 4 aromatic rings. The number of nitrogens with zero attached hydrogens (tertiary/aromatic N) is 2. The van der Waals surface area contributed by atoms with Gasteiger partial charge in [0.25, 0.3) is 15.7 Å². The van der Waals surface area contributed by atoms with E-state index in [0.29, 0.717) is 5.52 Å². The first-order valence-corrected chi connectivity index (χ1v) is 10.6. The van der Waals surface area contributed by atoms with E-state index in [0.717, 1.165) is 4.70 Å². The van der Waals surface area contributed by atoms with Crippen LogP contribution in [0.4, 0.5) is 10.8 Å². The summed E-state index contributed by atoms with van der Waals surface area (Å²) in [6.07, 6.45) is 0. The SMILES string of the molecule is O=[N+]([O-])c1ccc(Oc2ccccc2S(=O)(=O)Nc2nc3ccccc3s2)cc1. The molecule has 4 rings (SSSR count). The number of nitrogens with one attached hydrogen (secondary N) is 1. The van der Waals surface area contributed by atoms with Crippen molar-refractivity contribution in [3.05, 3.63) is 82.9 Å². The van der Waals surface area contributed by atoms with E-state index in [4.69, 9.17) is 4.74 Å². The Balaban J connectivity index is 1.63. The number of ether oxygens (including phenoxy) is 1. The molecule has 0 fully saturated rings. The number of benzene rings is 3. The Labute approximate surface area is 169 Å². The molecule has 146 valence electrons. The van der Waals surface area contributed by atoms with Crippen molar-refractivity contribution in [2.75, 3.05) is 4.72 Å². The van der Waals surface area contributed by atoms with Crippen LogP contribution in [0.25, 0.3) is 10.2 Å². The van der Waals surface area contributed by atoms with Crippen molar-refractivity contribution in [1.82, 2.24) is 4.98 Å². The lowest BCUT2D eigenvalue weighted by Crippen LogP contribution is -2.13. The lowest BCUT2D eigenvalue weighted by molar-refractivity contribution is -0.384. The summed E-state index contributed by atoms with van der Waals surface area (Å²) in [4.78, 5) is 14.5. The number of nitro groups is 1. The van der Waals surface area contributed by atoms with Gasteiger partial charge in [0.05, 0.1) is 15.1 Å². The standard InChI is InChI=1S/C19H13N3O5S2/c23-22(24)13-9-11-14(12-10-13)27-16-6-2-4-8-18(16)29(25,26)21-19-20-15-5-1-3-7-17(15)28-19/h1-12H,(H,20,21). The number of hydrogen-bond acceptors (Lipinski definition) is 7. The van der Waals surface area contributed by atoms with Gasteiger partial charge in [0, 0.05) is 12.1 Å². The first kappa shape index (κ1) is 18.8. The minimum atomic E-state index is -3.97. The van der Waals surface area contributed by atoms with Crippen LogP contribution in [0.1, 0.15) is 0 Å². The average molecular weight is 427 g/mol. The number of rotatable bonds is 6. The minimum Gasteiger partial charge on any atom is -0.456 e.